The molecule has 0 amide bonds. The summed E-state index contributed by atoms with van der Waals surface area (Å²) >= 11 is 0. The van der Waals surface area contributed by atoms with E-state index in [-0.39, 0.29) is 0 Å². The molecule has 0 saturated heterocycles. The highest BCUT2D eigenvalue weighted by Gasteiger charge is 2.20. The van der Waals surface area contributed by atoms with E-state index < -0.39 is 0 Å². The van der Waals surface area contributed by atoms with Gasteiger partial charge in [0.2, 0.25) is 0 Å². The van der Waals surface area contributed by atoms with Crippen LogP contribution in [0.3, 0.4) is 0 Å². The molecule has 2 nitrogen and oxygen atoms in total. The molecule has 0 unspecified atom stereocenters. The van der Waals surface area contributed by atoms with Crippen LogP contribution in [0.1, 0.15) is 0 Å². The van der Waals surface area contributed by atoms with Gasteiger partial charge in [-0.25, -0.2) is 0 Å². The van der Waals surface area contributed by atoms with Crippen LogP contribution >= 0.6 is 0 Å². The highest BCUT2D eigenvalue weighted by molar-refractivity contribution is 6.19. The largest absolute Gasteiger partial charge is 0.309 e. The molecule has 0 aliphatic heterocycles. The molecule has 206 valence electrons. The van der Waals surface area contributed by atoms with Gasteiger partial charge >= 0.3 is 0 Å². The molecule has 2 aromatic heterocycles. The molecule has 9 rings (SSSR count). The minimum Gasteiger partial charge on any atom is -0.309 e. The van der Waals surface area contributed by atoms with Crippen LogP contribution in [-0.2, 0) is 0 Å². The summed E-state index contributed by atoms with van der Waals surface area (Å²) < 4.78 is 4.91. The van der Waals surface area contributed by atoms with Crippen LogP contribution in [0, 0.1) is 0 Å². The topological polar surface area (TPSA) is 9.86 Å². The monoisotopic (exact) mass is 560 g/mol. The van der Waals surface area contributed by atoms with Gasteiger partial charge in [0.15, 0.2) is 0 Å². The highest BCUT2D eigenvalue weighted by atomic mass is 15.0. The highest BCUT2D eigenvalue weighted by Crippen LogP contribution is 2.42. The standard InChI is InChI=1S/C42H28N2/c1-3-15-29(16-4-1)31-19-7-11-23-37(31)43-39-25-13-9-21-33(39)35-28-42-36(27-41(35)43)34-22-10-14-26-40(34)44(42)38-24-12-8-20-32(38)30-17-5-2-6-18-30/h1-28H. The summed E-state index contributed by atoms with van der Waals surface area (Å²) in [5.41, 5.74) is 12.1. The molecule has 0 N–H and O–H groups in total. The molecule has 0 spiro atoms. The van der Waals surface area contributed by atoms with E-state index in [1.165, 1.54) is 77.2 Å². The van der Waals surface area contributed by atoms with Crippen molar-refractivity contribution in [3.8, 4) is 33.6 Å². The molecular formula is C42H28N2. The first-order valence-electron chi connectivity index (χ1n) is 15.1. The van der Waals surface area contributed by atoms with Crippen molar-refractivity contribution in [2.24, 2.45) is 0 Å². The summed E-state index contributed by atoms with van der Waals surface area (Å²) in [6, 6.07) is 61.4. The van der Waals surface area contributed by atoms with E-state index in [1.54, 1.807) is 0 Å². The smallest absolute Gasteiger partial charge is 0.0549 e. The summed E-state index contributed by atoms with van der Waals surface area (Å²) in [5, 5.41) is 5.00. The minimum atomic E-state index is 1.18. The molecule has 0 bridgehead atoms. The lowest BCUT2D eigenvalue weighted by Gasteiger charge is -2.15. The molecular weight excluding hydrogens is 532 g/mol. The average molecular weight is 561 g/mol. The van der Waals surface area contributed by atoms with Crippen LogP contribution in [-0.4, -0.2) is 9.13 Å². The maximum Gasteiger partial charge on any atom is 0.0549 e. The third-order valence-electron chi connectivity index (χ3n) is 8.93. The van der Waals surface area contributed by atoms with E-state index in [4.69, 9.17) is 0 Å². The predicted molar refractivity (Wildman–Crippen MR) is 186 cm³/mol. The second kappa shape index (κ2) is 9.86. The number of benzene rings is 7. The number of rotatable bonds is 4. The summed E-state index contributed by atoms with van der Waals surface area (Å²) in [6.07, 6.45) is 0. The Morgan fingerprint density at radius 2 is 0.636 bits per heavy atom. The lowest BCUT2D eigenvalue weighted by molar-refractivity contribution is 1.18. The summed E-state index contributed by atoms with van der Waals surface area (Å²) in [5.74, 6) is 0. The van der Waals surface area contributed by atoms with Crippen LogP contribution in [0.25, 0.3) is 77.2 Å². The van der Waals surface area contributed by atoms with Gasteiger partial charge in [-0.3, -0.25) is 0 Å². The van der Waals surface area contributed by atoms with Crippen molar-refractivity contribution < 1.29 is 0 Å². The second-order valence-corrected chi connectivity index (χ2v) is 11.4. The Bertz CT molecular complexity index is 2300. The summed E-state index contributed by atoms with van der Waals surface area (Å²) in [4.78, 5) is 0. The lowest BCUT2D eigenvalue weighted by Crippen LogP contribution is -1.98. The van der Waals surface area contributed by atoms with Gasteiger partial charge in [0.05, 0.1) is 33.4 Å². The van der Waals surface area contributed by atoms with E-state index in [0.29, 0.717) is 0 Å². The van der Waals surface area contributed by atoms with Gasteiger partial charge in [0, 0.05) is 32.7 Å². The van der Waals surface area contributed by atoms with E-state index in [9.17, 15) is 0 Å². The Labute approximate surface area is 255 Å². The first-order chi connectivity index (χ1) is 21.9. The number of hydrogen-bond acceptors (Lipinski definition) is 0. The van der Waals surface area contributed by atoms with Gasteiger partial charge in [-0.1, -0.05) is 133 Å². The zero-order valence-corrected chi connectivity index (χ0v) is 24.1. The molecule has 0 atom stereocenters. The number of fused-ring (bicyclic) bond motifs is 6. The fourth-order valence-corrected chi connectivity index (χ4v) is 7.01. The first-order valence-corrected chi connectivity index (χ1v) is 15.1. The zero-order valence-electron chi connectivity index (χ0n) is 24.1. The van der Waals surface area contributed by atoms with E-state index in [1.807, 2.05) is 0 Å². The maximum absolute atomic E-state index is 2.45. The summed E-state index contributed by atoms with van der Waals surface area (Å²) in [7, 11) is 0. The van der Waals surface area contributed by atoms with Crippen LogP contribution in [0.2, 0.25) is 0 Å². The lowest BCUT2D eigenvalue weighted by atomic mass is 10.0. The van der Waals surface area contributed by atoms with Crippen molar-refractivity contribution >= 4 is 43.6 Å². The quantitative estimate of drug-likeness (QED) is 0.203. The molecule has 2 heteroatoms. The number of nitrogens with zero attached hydrogens (tertiary/aromatic N) is 2. The van der Waals surface area contributed by atoms with Crippen molar-refractivity contribution in [3.05, 3.63) is 170 Å². The fourth-order valence-electron chi connectivity index (χ4n) is 7.01. The number of hydrogen-bond donors (Lipinski definition) is 0. The Kier molecular flexibility index (Phi) is 5.54. The first kappa shape index (κ1) is 24.7. The maximum atomic E-state index is 2.45. The molecule has 2 heterocycles. The minimum absolute atomic E-state index is 1.18. The molecule has 0 fully saturated rings. The zero-order chi connectivity index (χ0) is 29.0. The second-order valence-electron chi connectivity index (χ2n) is 11.4. The molecule has 0 radical (unpaired) electrons. The number of para-hydroxylation sites is 4. The third kappa shape index (κ3) is 3.68. The molecule has 9 aromatic rings. The average Bonchev–Trinajstić information content (AvgIpc) is 3.60. The molecule has 0 aliphatic carbocycles. The van der Waals surface area contributed by atoms with Gasteiger partial charge in [-0.2, -0.15) is 0 Å². The van der Waals surface area contributed by atoms with E-state index >= 15 is 0 Å². The van der Waals surface area contributed by atoms with Crippen molar-refractivity contribution in [2.75, 3.05) is 0 Å². The van der Waals surface area contributed by atoms with Crippen molar-refractivity contribution in [2.45, 2.75) is 0 Å². The van der Waals surface area contributed by atoms with E-state index in [0.717, 1.165) is 0 Å². The van der Waals surface area contributed by atoms with Gasteiger partial charge in [-0.05, 0) is 47.5 Å². The van der Waals surface area contributed by atoms with Crippen LogP contribution in [0.15, 0.2) is 170 Å². The fraction of sp³-hybridized carbons (Fsp3) is 0. The van der Waals surface area contributed by atoms with Gasteiger partial charge in [0.25, 0.3) is 0 Å². The number of aromatic nitrogens is 2. The van der Waals surface area contributed by atoms with Gasteiger partial charge < -0.3 is 9.13 Å². The van der Waals surface area contributed by atoms with Crippen molar-refractivity contribution in [1.82, 2.24) is 9.13 Å². The van der Waals surface area contributed by atoms with Crippen molar-refractivity contribution in [3.63, 3.8) is 0 Å². The van der Waals surface area contributed by atoms with Crippen LogP contribution in [0.4, 0.5) is 0 Å². The summed E-state index contributed by atoms with van der Waals surface area (Å²) in [6.45, 7) is 0. The molecule has 7 aromatic carbocycles. The van der Waals surface area contributed by atoms with Crippen LogP contribution in [0.5, 0.6) is 0 Å². The Morgan fingerprint density at radius 1 is 0.273 bits per heavy atom. The Morgan fingerprint density at radius 3 is 1.09 bits per heavy atom. The molecule has 44 heavy (non-hydrogen) atoms. The predicted octanol–water partition coefficient (Wildman–Crippen LogP) is 11.2. The van der Waals surface area contributed by atoms with Crippen molar-refractivity contribution in [1.29, 1.82) is 0 Å². The Balaban J connectivity index is 1.41. The molecule has 0 saturated carbocycles. The third-order valence-corrected chi connectivity index (χ3v) is 8.93. The van der Waals surface area contributed by atoms with Crippen LogP contribution < -0.4 is 0 Å². The molecule has 0 aliphatic rings. The van der Waals surface area contributed by atoms with Gasteiger partial charge in [0.1, 0.15) is 0 Å². The normalized spacial score (nSPS) is 11.6. The SMILES string of the molecule is c1ccc(-c2ccccc2-n2c3ccccc3c3cc4c(cc32)c2ccccc2n4-c2ccccc2-c2ccccc2)cc1. The Hall–Kier alpha value is -5.86. The van der Waals surface area contributed by atoms with E-state index in [2.05, 4.69) is 179 Å². The van der Waals surface area contributed by atoms with Gasteiger partial charge in [-0.15, -0.1) is 0 Å².